The summed E-state index contributed by atoms with van der Waals surface area (Å²) in [6, 6.07) is 6.09. The number of nitrogens with zero attached hydrogens (tertiary/aromatic N) is 1. The third-order valence-corrected chi connectivity index (χ3v) is 3.64. The minimum atomic E-state index is -0.659. The first-order valence-electron chi connectivity index (χ1n) is 6.65. The quantitative estimate of drug-likeness (QED) is 0.849. The molecule has 1 saturated carbocycles. The molecule has 1 fully saturated rings. The van der Waals surface area contributed by atoms with Crippen molar-refractivity contribution in [3.8, 4) is 5.88 Å². The van der Waals surface area contributed by atoms with E-state index in [1.54, 1.807) is 7.11 Å². The van der Waals surface area contributed by atoms with E-state index < -0.39 is 5.97 Å². The molecule has 0 spiro atoms. The molecule has 1 aromatic heterocycles. The molecule has 1 aromatic rings. The second kappa shape index (κ2) is 6.52. The normalized spacial score (nSPS) is 23.0. The van der Waals surface area contributed by atoms with Gasteiger partial charge in [0.2, 0.25) is 5.88 Å². The van der Waals surface area contributed by atoms with Crippen molar-refractivity contribution in [1.82, 2.24) is 10.3 Å². The second-order valence-electron chi connectivity index (χ2n) is 4.94. The first-order valence-corrected chi connectivity index (χ1v) is 6.65. The summed E-state index contributed by atoms with van der Waals surface area (Å²) < 4.78 is 5.08. The van der Waals surface area contributed by atoms with Gasteiger partial charge in [0.15, 0.2) is 0 Å². The van der Waals surface area contributed by atoms with E-state index in [0.717, 1.165) is 31.4 Å². The molecule has 5 nitrogen and oxygen atoms in total. The lowest BCUT2D eigenvalue weighted by atomic mass is 9.86. The number of rotatable bonds is 5. The van der Waals surface area contributed by atoms with Gasteiger partial charge in [-0.05, 0) is 31.7 Å². The molecule has 1 aliphatic carbocycles. The summed E-state index contributed by atoms with van der Waals surface area (Å²) >= 11 is 0. The number of methoxy groups -OCH3 is 1. The van der Waals surface area contributed by atoms with Gasteiger partial charge in [-0.2, -0.15) is 0 Å². The highest BCUT2D eigenvalue weighted by Crippen LogP contribution is 2.24. The number of aromatic nitrogens is 1. The van der Waals surface area contributed by atoms with Crippen molar-refractivity contribution in [3.63, 3.8) is 0 Å². The van der Waals surface area contributed by atoms with Gasteiger partial charge in [-0.25, -0.2) is 4.98 Å². The fourth-order valence-corrected chi connectivity index (χ4v) is 2.46. The summed E-state index contributed by atoms with van der Waals surface area (Å²) in [6.07, 6.45) is 3.36. The summed E-state index contributed by atoms with van der Waals surface area (Å²) in [5.41, 5.74) is 0.944. The van der Waals surface area contributed by atoms with Crippen molar-refractivity contribution in [2.45, 2.75) is 38.3 Å². The van der Waals surface area contributed by atoms with Crippen molar-refractivity contribution in [3.05, 3.63) is 23.9 Å². The Labute approximate surface area is 113 Å². The van der Waals surface area contributed by atoms with Gasteiger partial charge in [0.1, 0.15) is 0 Å². The van der Waals surface area contributed by atoms with Crippen LogP contribution in [0.1, 0.15) is 31.4 Å². The molecule has 2 rings (SSSR count). The standard InChI is InChI=1S/C14H20N2O3/c1-19-13-4-2-3-12(16-13)9-15-11-7-5-10(6-8-11)14(17)18/h2-4,10-11,15H,5-9H2,1H3,(H,17,18). The molecule has 2 N–H and O–H groups in total. The Morgan fingerprint density at radius 1 is 1.42 bits per heavy atom. The van der Waals surface area contributed by atoms with E-state index in [-0.39, 0.29) is 5.92 Å². The van der Waals surface area contributed by atoms with E-state index >= 15 is 0 Å². The van der Waals surface area contributed by atoms with Crippen LogP contribution in [0.15, 0.2) is 18.2 Å². The van der Waals surface area contributed by atoms with Gasteiger partial charge in [-0.15, -0.1) is 0 Å². The zero-order valence-electron chi connectivity index (χ0n) is 11.1. The largest absolute Gasteiger partial charge is 0.481 e. The second-order valence-corrected chi connectivity index (χ2v) is 4.94. The highest BCUT2D eigenvalue weighted by Gasteiger charge is 2.25. The van der Waals surface area contributed by atoms with Crippen molar-refractivity contribution in [2.24, 2.45) is 5.92 Å². The fourth-order valence-electron chi connectivity index (χ4n) is 2.46. The molecule has 1 aliphatic rings. The molecule has 0 unspecified atom stereocenters. The molecule has 0 bridgehead atoms. The SMILES string of the molecule is COc1cccc(CNC2CCC(C(=O)O)CC2)n1. The van der Waals surface area contributed by atoms with Crippen molar-refractivity contribution in [1.29, 1.82) is 0 Å². The summed E-state index contributed by atoms with van der Waals surface area (Å²) in [5, 5.41) is 12.4. The van der Waals surface area contributed by atoms with Crippen molar-refractivity contribution in [2.75, 3.05) is 7.11 Å². The molecule has 0 aliphatic heterocycles. The third kappa shape index (κ3) is 3.92. The monoisotopic (exact) mass is 264 g/mol. The fraction of sp³-hybridized carbons (Fsp3) is 0.571. The van der Waals surface area contributed by atoms with E-state index in [0.29, 0.717) is 18.5 Å². The zero-order valence-corrected chi connectivity index (χ0v) is 11.1. The van der Waals surface area contributed by atoms with Crippen LogP contribution >= 0.6 is 0 Å². The molecule has 0 amide bonds. The number of hydrogen-bond acceptors (Lipinski definition) is 4. The maximum atomic E-state index is 10.9. The lowest BCUT2D eigenvalue weighted by Gasteiger charge is -2.26. The van der Waals surface area contributed by atoms with Crippen LogP contribution in [-0.4, -0.2) is 29.2 Å². The Morgan fingerprint density at radius 3 is 2.79 bits per heavy atom. The van der Waals surface area contributed by atoms with Gasteiger partial charge in [0, 0.05) is 18.7 Å². The predicted octanol–water partition coefficient (Wildman–Crippen LogP) is 1.82. The molecule has 5 heteroatoms. The molecule has 19 heavy (non-hydrogen) atoms. The number of pyridine rings is 1. The first-order chi connectivity index (χ1) is 9.19. The van der Waals surface area contributed by atoms with Crippen LogP contribution in [0.4, 0.5) is 0 Å². The van der Waals surface area contributed by atoms with E-state index in [1.807, 2.05) is 18.2 Å². The first kappa shape index (κ1) is 13.8. The van der Waals surface area contributed by atoms with E-state index in [1.165, 1.54) is 0 Å². The van der Waals surface area contributed by atoms with Crippen LogP contribution in [0.5, 0.6) is 5.88 Å². The Morgan fingerprint density at radius 2 is 2.16 bits per heavy atom. The topological polar surface area (TPSA) is 71.5 Å². The maximum absolute atomic E-state index is 10.9. The summed E-state index contributed by atoms with van der Waals surface area (Å²) in [5.74, 6) is -0.199. The van der Waals surface area contributed by atoms with Gasteiger partial charge in [0.05, 0.1) is 18.7 Å². The minimum absolute atomic E-state index is 0.159. The molecular weight excluding hydrogens is 244 g/mol. The van der Waals surface area contributed by atoms with Gasteiger partial charge < -0.3 is 15.2 Å². The molecule has 0 saturated heterocycles. The number of carboxylic acids is 1. The predicted molar refractivity (Wildman–Crippen MR) is 71.0 cm³/mol. The Kier molecular flexibility index (Phi) is 4.74. The highest BCUT2D eigenvalue weighted by atomic mass is 16.5. The average Bonchev–Trinajstić information content (AvgIpc) is 2.46. The summed E-state index contributed by atoms with van der Waals surface area (Å²) in [6.45, 7) is 0.694. The number of aliphatic carboxylic acids is 1. The molecule has 0 radical (unpaired) electrons. The number of nitrogens with one attached hydrogen (secondary N) is 1. The molecule has 1 heterocycles. The van der Waals surface area contributed by atoms with Crippen LogP contribution < -0.4 is 10.1 Å². The van der Waals surface area contributed by atoms with Crippen LogP contribution in [0.25, 0.3) is 0 Å². The van der Waals surface area contributed by atoms with E-state index in [4.69, 9.17) is 9.84 Å². The molecule has 104 valence electrons. The van der Waals surface area contributed by atoms with Gasteiger partial charge in [-0.3, -0.25) is 4.79 Å². The maximum Gasteiger partial charge on any atom is 0.306 e. The van der Waals surface area contributed by atoms with Crippen LogP contribution in [0, 0.1) is 5.92 Å². The minimum Gasteiger partial charge on any atom is -0.481 e. The molecule has 0 aromatic carbocycles. The van der Waals surface area contributed by atoms with Gasteiger partial charge >= 0.3 is 5.97 Å². The zero-order chi connectivity index (χ0) is 13.7. The van der Waals surface area contributed by atoms with Gasteiger partial charge in [-0.1, -0.05) is 6.07 Å². The van der Waals surface area contributed by atoms with E-state index in [2.05, 4.69) is 10.3 Å². The Bertz CT molecular complexity index is 428. The van der Waals surface area contributed by atoms with E-state index in [9.17, 15) is 4.79 Å². The van der Waals surface area contributed by atoms with Gasteiger partial charge in [0.25, 0.3) is 0 Å². The number of hydrogen-bond donors (Lipinski definition) is 2. The van der Waals surface area contributed by atoms with Crippen LogP contribution in [0.3, 0.4) is 0 Å². The average molecular weight is 264 g/mol. The smallest absolute Gasteiger partial charge is 0.306 e. The lowest BCUT2D eigenvalue weighted by molar-refractivity contribution is -0.142. The van der Waals surface area contributed by atoms with Crippen LogP contribution in [-0.2, 0) is 11.3 Å². The summed E-state index contributed by atoms with van der Waals surface area (Å²) in [4.78, 5) is 15.2. The molecular formula is C14H20N2O3. The van der Waals surface area contributed by atoms with Crippen molar-refractivity contribution < 1.29 is 14.6 Å². The number of carbonyl (C=O) groups is 1. The lowest BCUT2D eigenvalue weighted by Crippen LogP contribution is -2.34. The Balaban J connectivity index is 1.78. The highest BCUT2D eigenvalue weighted by molar-refractivity contribution is 5.70. The summed E-state index contributed by atoms with van der Waals surface area (Å²) in [7, 11) is 1.60. The number of ether oxygens (including phenoxy) is 1. The Hall–Kier alpha value is -1.62. The van der Waals surface area contributed by atoms with Crippen LogP contribution in [0.2, 0.25) is 0 Å². The molecule has 0 atom stereocenters. The van der Waals surface area contributed by atoms with Crippen molar-refractivity contribution >= 4 is 5.97 Å². The third-order valence-electron chi connectivity index (χ3n) is 3.64. The number of carboxylic acid groups (broad SMARTS) is 1.